The summed E-state index contributed by atoms with van der Waals surface area (Å²) in [5, 5.41) is 0. The van der Waals surface area contributed by atoms with Crippen molar-refractivity contribution in [2.45, 2.75) is 13.8 Å². The fourth-order valence-corrected chi connectivity index (χ4v) is 1.06. The molecule has 6 heteroatoms. The summed E-state index contributed by atoms with van der Waals surface area (Å²) < 4.78 is 18.9. The molecule has 0 aliphatic rings. The third-order valence-electron chi connectivity index (χ3n) is 0.574. The Hall–Kier alpha value is 1.68. The fraction of sp³-hybridized carbons (Fsp3) is 1.00. The predicted molar refractivity (Wildman–Crippen MR) is 36.6 cm³/mol. The fourth-order valence-electron chi connectivity index (χ4n) is 0.353. The molecule has 0 fully saturated rings. The van der Waals surface area contributed by atoms with Gasteiger partial charge in [-0.25, -0.2) is 0 Å². The van der Waals surface area contributed by atoms with Gasteiger partial charge in [0, 0.05) is 0 Å². The van der Waals surface area contributed by atoms with E-state index in [9.17, 15) is 9.46 Å². The molecule has 0 radical (unpaired) electrons. The maximum atomic E-state index is 10.4. The predicted octanol–water partition coefficient (Wildman–Crippen LogP) is 0.147. The summed E-state index contributed by atoms with van der Waals surface area (Å²) in [4.78, 5) is 10.4. The summed E-state index contributed by atoms with van der Waals surface area (Å²) in [6.45, 7) is 3.43. The molecule has 0 bridgehead atoms. The quantitative estimate of drug-likeness (QED) is 0.546. The topological polar surface area (TPSA) is 58.6 Å². The summed E-state index contributed by atoms with van der Waals surface area (Å²) in [5.74, 6) is 0. The van der Waals surface area contributed by atoms with Crippen LogP contribution in [0, 0.1) is 0 Å². The third kappa shape index (κ3) is 7.78. The summed E-state index contributed by atoms with van der Waals surface area (Å²) in [5.41, 5.74) is 0. The van der Waals surface area contributed by atoms with Crippen LogP contribution >= 0.6 is 7.82 Å². The second kappa shape index (κ2) is 7.34. The molecule has 0 heterocycles. The molecule has 56 valence electrons. The summed E-state index contributed by atoms with van der Waals surface area (Å²) in [7, 11) is -3.94. The van der Waals surface area contributed by atoms with Crippen LogP contribution in [0.5, 0.6) is 0 Å². The van der Waals surface area contributed by atoms with Gasteiger partial charge in [0.15, 0.2) is 0 Å². The Labute approximate surface area is 101 Å². The first-order valence-corrected chi connectivity index (χ1v) is 4.18. The van der Waals surface area contributed by atoms with Crippen molar-refractivity contribution in [3.8, 4) is 0 Å². The van der Waals surface area contributed by atoms with Gasteiger partial charge in [-0.15, -0.1) is 0 Å². The van der Waals surface area contributed by atoms with E-state index < -0.39 is 7.82 Å². The maximum Gasteiger partial charge on any atom is 2.00 e. The molecule has 0 N–H and O–H groups in total. The molecular formula is C4H10BaO4P+. The van der Waals surface area contributed by atoms with E-state index in [1.165, 1.54) is 0 Å². The van der Waals surface area contributed by atoms with Crippen molar-refractivity contribution in [3.63, 3.8) is 0 Å². The van der Waals surface area contributed by atoms with Crippen molar-refractivity contribution in [2.75, 3.05) is 13.2 Å². The minimum Gasteiger partial charge on any atom is -0.756 e. The Morgan fingerprint density at radius 1 is 1.30 bits per heavy atom. The third-order valence-corrected chi connectivity index (χ3v) is 1.72. The Morgan fingerprint density at radius 3 is 1.80 bits per heavy atom. The van der Waals surface area contributed by atoms with Crippen molar-refractivity contribution in [1.29, 1.82) is 0 Å². The largest absolute Gasteiger partial charge is 2.00 e. The van der Waals surface area contributed by atoms with Crippen molar-refractivity contribution in [1.82, 2.24) is 0 Å². The van der Waals surface area contributed by atoms with Gasteiger partial charge in [0.25, 0.3) is 7.82 Å². The van der Waals surface area contributed by atoms with Gasteiger partial charge in [0.1, 0.15) is 0 Å². The zero-order valence-corrected chi connectivity index (χ0v) is 11.5. The van der Waals surface area contributed by atoms with Gasteiger partial charge in [-0.05, 0) is 13.8 Å². The van der Waals surface area contributed by atoms with E-state index in [2.05, 4.69) is 9.05 Å². The Balaban J connectivity index is 0. The first kappa shape index (κ1) is 14.2. The monoisotopic (exact) mass is 291 g/mol. The molecule has 10 heavy (non-hydrogen) atoms. The van der Waals surface area contributed by atoms with Gasteiger partial charge in [-0.3, -0.25) is 4.57 Å². The van der Waals surface area contributed by atoms with Gasteiger partial charge in [-0.1, -0.05) is 0 Å². The number of phosphoric ester groups is 1. The number of rotatable bonds is 4. The first-order valence-electron chi connectivity index (χ1n) is 2.72. The van der Waals surface area contributed by atoms with Crippen LogP contribution in [0.25, 0.3) is 0 Å². The van der Waals surface area contributed by atoms with Crippen molar-refractivity contribution in [2.24, 2.45) is 0 Å². The van der Waals surface area contributed by atoms with Gasteiger partial charge in [-0.2, -0.15) is 0 Å². The molecule has 4 nitrogen and oxygen atoms in total. The van der Waals surface area contributed by atoms with Crippen molar-refractivity contribution < 1.29 is 18.5 Å². The molecule has 0 aromatic carbocycles. The minimum atomic E-state index is -3.94. The molecule has 0 amide bonds. The minimum absolute atomic E-state index is 0. The van der Waals surface area contributed by atoms with E-state index in [1.54, 1.807) is 13.8 Å². The van der Waals surface area contributed by atoms with E-state index in [0.29, 0.717) is 0 Å². The maximum absolute atomic E-state index is 10.4. The standard InChI is InChI=1S/C4H11O4P.Ba/c1-3-7-9(5,6)8-4-2;/h3-4H2,1-2H3,(H,5,6);/q;+2/p-1. The van der Waals surface area contributed by atoms with Crippen LogP contribution in [-0.2, 0) is 13.6 Å². The van der Waals surface area contributed by atoms with Crippen LogP contribution in [0.1, 0.15) is 13.8 Å². The smallest absolute Gasteiger partial charge is 0.756 e. The van der Waals surface area contributed by atoms with Crippen LogP contribution in [0.4, 0.5) is 0 Å². The zero-order chi connectivity index (χ0) is 7.33. The normalized spacial score (nSPS) is 10.7. The Morgan fingerprint density at radius 2 is 1.60 bits per heavy atom. The molecule has 0 atom stereocenters. The second-order valence-electron chi connectivity index (χ2n) is 1.28. The van der Waals surface area contributed by atoms with E-state index in [4.69, 9.17) is 0 Å². The van der Waals surface area contributed by atoms with Crippen LogP contribution < -0.4 is 4.89 Å². The van der Waals surface area contributed by atoms with E-state index in [-0.39, 0.29) is 62.1 Å². The first-order chi connectivity index (χ1) is 4.12. The van der Waals surface area contributed by atoms with Gasteiger partial charge < -0.3 is 13.9 Å². The average Bonchev–Trinajstić information content (AvgIpc) is 1.64. The van der Waals surface area contributed by atoms with Crippen LogP contribution in [-0.4, -0.2) is 62.1 Å². The molecule has 0 saturated carbocycles. The van der Waals surface area contributed by atoms with Gasteiger partial charge in [0.2, 0.25) is 0 Å². The number of hydrogen-bond donors (Lipinski definition) is 0. The van der Waals surface area contributed by atoms with E-state index in [1.807, 2.05) is 0 Å². The second-order valence-corrected chi connectivity index (χ2v) is 2.69. The Bertz CT molecular complexity index is 108. The molecule has 0 aliphatic carbocycles. The van der Waals surface area contributed by atoms with Crippen molar-refractivity contribution in [3.05, 3.63) is 0 Å². The summed E-state index contributed by atoms with van der Waals surface area (Å²) in [6, 6.07) is 0. The molecule has 0 saturated heterocycles. The van der Waals surface area contributed by atoms with Crippen LogP contribution in [0.2, 0.25) is 0 Å². The van der Waals surface area contributed by atoms with Crippen LogP contribution in [0.15, 0.2) is 0 Å². The molecule has 0 unspecified atom stereocenters. The summed E-state index contributed by atoms with van der Waals surface area (Å²) in [6.07, 6.45) is 0. The molecule has 0 aliphatic heterocycles. The van der Waals surface area contributed by atoms with Crippen molar-refractivity contribution >= 4 is 56.7 Å². The molecule has 0 aromatic heterocycles. The SMILES string of the molecule is CCOP(=O)([O-])OCC.[Ba+2]. The van der Waals surface area contributed by atoms with Crippen LogP contribution in [0.3, 0.4) is 0 Å². The zero-order valence-electron chi connectivity index (χ0n) is 6.20. The van der Waals surface area contributed by atoms with E-state index >= 15 is 0 Å². The molecule has 0 rings (SSSR count). The molecular weight excluding hydrogens is 280 g/mol. The molecule has 0 aromatic rings. The number of hydrogen-bond acceptors (Lipinski definition) is 4. The van der Waals surface area contributed by atoms with Gasteiger partial charge in [0.05, 0.1) is 13.2 Å². The summed E-state index contributed by atoms with van der Waals surface area (Å²) >= 11 is 0. The van der Waals surface area contributed by atoms with Gasteiger partial charge >= 0.3 is 48.9 Å². The van der Waals surface area contributed by atoms with E-state index in [0.717, 1.165) is 0 Å². The Kier molecular flexibility index (Phi) is 10.4. The number of phosphoric acid groups is 1. The molecule has 0 spiro atoms. The average molecular weight is 290 g/mol.